The van der Waals surface area contributed by atoms with Crippen LogP contribution >= 0.6 is 11.3 Å². The monoisotopic (exact) mass is 300 g/mol. The number of carbonyl (C=O) groups excluding carboxylic acids is 1. The maximum absolute atomic E-state index is 12.1. The summed E-state index contributed by atoms with van der Waals surface area (Å²) in [6.45, 7) is 3.64. The quantitative estimate of drug-likeness (QED) is 0.804. The lowest BCUT2D eigenvalue weighted by molar-refractivity contribution is 0.102. The Kier molecular flexibility index (Phi) is 3.49. The van der Waals surface area contributed by atoms with Crippen LogP contribution in [0.4, 0.5) is 5.13 Å². The predicted molar refractivity (Wildman–Crippen MR) is 79.3 cm³/mol. The van der Waals surface area contributed by atoms with Gasteiger partial charge in [-0.1, -0.05) is 5.16 Å². The van der Waals surface area contributed by atoms with E-state index in [1.54, 1.807) is 31.2 Å². The number of rotatable bonds is 3. The van der Waals surface area contributed by atoms with Crippen molar-refractivity contribution in [2.45, 2.75) is 13.8 Å². The summed E-state index contributed by atoms with van der Waals surface area (Å²) in [5.41, 5.74) is 2.21. The summed E-state index contributed by atoms with van der Waals surface area (Å²) in [5, 5.41) is 8.97. The SMILES string of the molecule is Cc1csc(NC(=O)c2ccc(-c3nc(C)no3)cc2)n1. The molecule has 0 fully saturated rings. The summed E-state index contributed by atoms with van der Waals surface area (Å²) < 4.78 is 5.08. The van der Waals surface area contributed by atoms with Gasteiger partial charge in [0.25, 0.3) is 11.8 Å². The summed E-state index contributed by atoms with van der Waals surface area (Å²) in [5.74, 6) is 0.818. The van der Waals surface area contributed by atoms with Gasteiger partial charge in [-0.15, -0.1) is 11.3 Å². The number of anilines is 1. The van der Waals surface area contributed by atoms with E-state index in [9.17, 15) is 4.79 Å². The third kappa shape index (κ3) is 2.97. The summed E-state index contributed by atoms with van der Waals surface area (Å²) in [4.78, 5) is 20.4. The molecule has 6 nitrogen and oxygen atoms in total. The van der Waals surface area contributed by atoms with Gasteiger partial charge in [-0.05, 0) is 38.1 Å². The molecule has 0 spiro atoms. The smallest absolute Gasteiger partial charge is 0.257 e. The molecule has 0 bridgehead atoms. The summed E-state index contributed by atoms with van der Waals surface area (Å²) >= 11 is 1.40. The average molecular weight is 300 g/mol. The van der Waals surface area contributed by atoms with E-state index >= 15 is 0 Å². The van der Waals surface area contributed by atoms with E-state index in [0.29, 0.717) is 22.4 Å². The number of amides is 1. The molecular weight excluding hydrogens is 288 g/mol. The first kappa shape index (κ1) is 13.4. The van der Waals surface area contributed by atoms with Gasteiger partial charge in [0, 0.05) is 16.5 Å². The van der Waals surface area contributed by atoms with Crippen LogP contribution in [0.2, 0.25) is 0 Å². The molecule has 1 aromatic carbocycles. The van der Waals surface area contributed by atoms with E-state index in [4.69, 9.17) is 4.52 Å². The summed E-state index contributed by atoms with van der Waals surface area (Å²) in [7, 11) is 0. The fourth-order valence-corrected chi connectivity index (χ4v) is 2.44. The first-order valence-corrected chi connectivity index (χ1v) is 7.14. The topological polar surface area (TPSA) is 80.9 Å². The van der Waals surface area contributed by atoms with Crippen molar-refractivity contribution in [1.82, 2.24) is 15.1 Å². The third-order valence-corrected chi connectivity index (χ3v) is 3.64. The Morgan fingerprint density at radius 3 is 2.52 bits per heavy atom. The van der Waals surface area contributed by atoms with Gasteiger partial charge in [-0.25, -0.2) is 4.98 Å². The van der Waals surface area contributed by atoms with Crippen molar-refractivity contribution in [3.63, 3.8) is 0 Å². The molecule has 1 N–H and O–H groups in total. The van der Waals surface area contributed by atoms with Crippen molar-refractivity contribution in [3.05, 3.63) is 46.7 Å². The van der Waals surface area contributed by atoms with Gasteiger partial charge in [0.15, 0.2) is 11.0 Å². The van der Waals surface area contributed by atoms with E-state index in [0.717, 1.165) is 11.3 Å². The van der Waals surface area contributed by atoms with Crippen LogP contribution in [0.25, 0.3) is 11.5 Å². The summed E-state index contributed by atoms with van der Waals surface area (Å²) in [6.07, 6.45) is 0. The number of nitrogens with one attached hydrogen (secondary N) is 1. The zero-order valence-electron chi connectivity index (χ0n) is 11.5. The maximum Gasteiger partial charge on any atom is 0.257 e. The minimum Gasteiger partial charge on any atom is -0.334 e. The third-order valence-electron chi connectivity index (χ3n) is 2.76. The highest BCUT2D eigenvalue weighted by atomic mass is 32.1. The minimum atomic E-state index is -0.197. The van der Waals surface area contributed by atoms with Gasteiger partial charge in [0.05, 0.1) is 5.69 Å². The Labute approximate surface area is 124 Å². The maximum atomic E-state index is 12.1. The summed E-state index contributed by atoms with van der Waals surface area (Å²) in [6, 6.07) is 6.97. The second-order valence-corrected chi connectivity index (χ2v) is 5.33. The molecule has 0 saturated heterocycles. The van der Waals surface area contributed by atoms with Crippen LogP contribution in [0, 0.1) is 13.8 Å². The molecule has 3 rings (SSSR count). The van der Waals surface area contributed by atoms with Crippen LogP contribution < -0.4 is 5.32 Å². The van der Waals surface area contributed by atoms with Crippen molar-refractivity contribution < 1.29 is 9.32 Å². The van der Waals surface area contributed by atoms with Crippen molar-refractivity contribution >= 4 is 22.4 Å². The van der Waals surface area contributed by atoms with E-state index in [1.165, 1.54) is 11.3 Å². The molecule has 2 aromatic heterocycles. The highest BCUT2D eigenvalue weighted by Crippen LogP contribution is 2.19. The lowest BCUT2D eigenvalue weighted by Crippen LogP contribution is -2.11. The second-order valence-electron chi connectivity index (χ2n) is 4.47. The number of thiazole rings is 1. The van der Waals surface area contributed by atoms with Gasteiger partial charge < -0.3 is 4.52 Å². The molecule has 0 aliphatic rings. The normalized spacial score (nSPS) is 10.6. The van der Waals surface area contributed by atoms with Crippen LogP contribution in [-0.2, 0) is 0 Å². The molecule has 7 heteroatoms. The molecule has 106 valence electrons. The van der Waals surface area contributed by atoms with Crippen LogP contribution in [0.15, 0.2) is 34.2 Å². The van der Waals surface area contributed by atoms with Crippen LogP contribution in [-0.4, -0.2) is 21.0 Å². The Morgan fingerprint density at radius 1 is 1.19 bits per heavy atom. The zero-order chi connectivity index (χ0) is 14.8. The number of aryl methyl sites for hydroxylation is 2. The van der Waals surface area contributed by atoms with E-state index < -0.39 is 0 Å². The molecule has 0 aliphatic carbocycles. The van der Waals surface area contributed by atoms with Crippen molar-refractivity contribution in [2.24, 2.45) is 0 Å². The largest absolute Gasteiger partial charge is 0.334 e. The first-order chi connectivity index (χ1) is 10.1. The van der Waals surface area contributed by atoms with Crippen molar-refractivity contribution in [3.8, 4) is 11.5 Å². The lowest BCUT2D eigenvalue weighted by atomic mass is 10.1. The minimum absolute atomic E-state index is 0.197. The number of hydrogen-bond acceptors (Lipinski definition) is 6. The van der Waals surface area contributed by atoms with Gasteiger partial charge in [0.1, 0.15) is 0 Å². The standard InChI is InChI=1S/C14H12N4O2S/c1-8-7-21-14(15-8)17-12(19)10-3-5-11(6-4-10)13-16-9(2)18-20-13/h3-7H,1-2H3,(H,15,17,19). The van der Waals surface area contributed by atoms with Crippen LogP contribution in [0.5, 0.6) is 0 Å². The van der Waals surface area contributed by atoms with Crippen molar-refractivity contribution in [1.29, 1.82) is 0 Å². The highest BCUT2D eigenvalue weighted by molar-refractivity contribution is 7.13. The number of aromatic nitrogens is 3. The Hall–Kier alpha value is -2.54. The molecule has 3 aromatic rings. The number of carbonyl (C=O) groups is 1. The molecule has 21 heavy (non-hydrogen) atoms. The molecule has 0 saturated carbocycles. The molecule has 1 amide bonds. The predicted octanol–water partition coefficient (Wildman–Crippen LogP) is 3.06. The second kappa shape index (κ2) is 5.45. The van der Waals surface area contributed by atoms with E-state index in [1.807, 2.05) is 12.3 Å². The number of hydrogen-bond donors (Lipinski definition) is 1. The Bertz CT molecular complexity index is 776. The molecule has 0 atom stereocenters. The molecule has 0 aliphatic heterocycles. The van der Waals surface area contributed by atoms with Gasteiger partial charge in [-0.3, -0.25) is 10.1 Å². The van der Waals surface area contributed by atoms with Crippen LogP contribution in [0.1, 0.15) is 21.9 Å². The molecule has 2 heterocycles. The highest BCUT2D eigenvalue weighted by Gasteiger charge is 2.10. The van der Waals surface area contributed by atoms with E-state index in [-0.39, 0.29) is 5.91 Å². The molecule has 0 unspecified atom stereocenters. The number of nitrogens with zero attached hydrogens (tertiary/aromatic N) is 3. The van der Waals surface area contributed by atoms with Crippen LogP contribution in [0.3, 0.4) is 0 Å². The lowest BCUT2D eigenvalue weighted by Gasteiger charge is -2.02. The van der Waals surface area contributed by atoms with Gasteiger partial charge >= 0.3 is 0 Å². The average Bonchev–Trinajstić information content (AvgIpc) is 3.08. The van der Waals surface area contributed by atoms with Gasteiger partial charge in [-0.2, -0.15) is 4.98 Å². The molecule has 0 radical (unpaired) electrons. The van der Waals surface area contributed by atoms with Crippen molar-refractivity contribution in [2.75, 3.05) is 5.32 Å². The first-order valence-electron chi connectivity index (χ1n) is 6.26. The molecular formula is C14H12N4O2S. The fraction of sp³-hybridized carbons (Fsp3) is 0.143. The zero-order valence-corrected chi connectivity index (χ0v) is 12.3. The Morgan fingerprint density at radius 2 is 1.95 bits per heavy atom. The van der Waals surface area contributed by atoms with E-state index in [2.05, 4.69) is 20.4 Å². The fourth-order valence-electron chi connectivity index (χ4n) is 1.76. The Balaban J connectivity index is 1.76. The number of benzene rings is 1. The van der Waals surface area contributed by atoms with Gasteiger partial charge in [0.2, 0.25) is 0 Å².